The maximum atomic E-state index is 14.7. The number of amides is 2. The van der Waals surface area contributed by atoms with Crippen molar-refractivity contribution < 1.29 is 68.1 Å². The number of cyclic esters (lactones) is 1. The summed E-state index contributed by atoms with van der Waals surface area (Å²) >= 11 is 0. The maximum Gasteiger partial charge on any atom is 0.329 e. The van der Waals surface area contributed by atoms with Crippen molar-refractivity contribution in [1.29, 1.82) is 0 Å². The molecule has 4 N–H and O–H groups in total. The van der Waals surface area contributed by atoms with Crippen molar-refractivity contribution >= 4 is 35.2 Å². The van der Waals surface area contributed by atoms with E-state index in [4.69, 9.17) is 33.5 Å². The minimum atomic E-state index is -2.44. The Kier molecular flexibility index (Phi) is 25.5. The third kappa shape index (κ3) is 17.7. The molecule has 5 aliphatic heterocycles. The Bertz CT molecular complexity index is 2590. The van der Waals surface area contributed by atoms with Crippen LogP contribution in [0.3, 0.4) is 0 Å². The summed E-state index contributed by atoms with van der Waals surface area (Å²) in [5.74, 6) is -6.69. The van der Waals surface area contributed by atoms with Crippen LogP contribution in [0.5, 0.6) is 0 Å². The SMILES string of the molecule is CO[C@H]1C[C@@H]2CC[C@@H](C)[C@@](O)(O2)C(=O)C(=O)N2CCCC[C@H]2C(=O)O[C@H]([C@H](C)C[C@@H]2CC[C@@H](O)[C@H](OC)C2)C[C@@H](O)[C@H](C)/C=C(\C)[C@@H](O)[C@@H](OC)C(=NOCC(=O)N2CCc3nc(N4CCN(C)CC4)ncc3C2)[C@H](C)C[C@H](C)/C=C/C=C/C=C/1C. The molecule has 21 nitrogen and oxygen atoms in total. The zero-order valence-corrected chi connectivity index (χ0v) is 53.1. The quantitative estimate of drug-likeness (QED) is 0.0920. The molecule has 21 heteroatoms. The number of piperidine rings is 1. The smallest absolute Gasteiger partial charge is 0.329 e. The van der Waals surface area contributed by atoms with Gasteiger partial charge < -0.3 is 68.5 Å². The standard InChI is InChI=1S/C65H101N7O14/c1-40-17-13-12-14-18-41(2)54(81-9)35-49-22-20-46(7)65(80,86-49)61(77)62(78)72-25-16-15-19-51(72)63(79)85-55(43(4)33-47-21-23-52(73)56(34-47)82-10)36-53(74)42(3)32-45(6)59(76)60(83-11)58(44(5)31-40)68-84-39-57(75)71-26-24-50-48(38-71)37-66-64(67-50)70-29-27-69(8)28-30-70/h12-14,17-18,32,37,40,42-44,46-47,49,51-56,59-60,73-74,76,80H,15-16,19-31,33-36,38-39H2,1-11H3/b14-12+,17-13+,41-18+,45-32+,68-58?/t40-,42-,43-,44-,46-,47+,49+,51+,52-,53-,54+,55+,56-,59-,60+,65-/m1/s1. The lowest BCUT2D eigenvalue weighted by Gasteiger charge is -2.43. The van der Waals surface area contributed by atoms with Gasteiger partial charge in [0.05, 0.1) is 41.9 Å². The summed E-state index contributed by atoms with van der Waals surface area (Å²) in [6.07, 6.45) is 13.2. The fourth-order valence-electron chi connectivity index (χ4n) is 13.3. The van der Waals surface area contributed by atoms with E-state index < -0.39 is 84.1 Å². The van der Waals surface area contributed by atoms with Crippen molar-refractivity contribution in [3.63, 3.8) is 0 Å². The first-order valence-corrected chi connectivity index (χ1v) is 31.6. The second-order valence-electron chi connectivity index (χ2n) is 25.7. The number of allylic oxidation sites excluding steroid dienone is 5. The average Bonchev–Trinajstić information content (AvgIpc) is 1.30. The van der Waals surface area contributed by atoms with Crippen molar-refractivity contribution in [3.05, 3.63) is 65.1 Å². The second kappa shape index (κ2) is 32.0. The number of ketones is 1. The molecule has 2 bridgehead atoms. The monoisotopic (exact) mass is 1200 g/mol. The molecule has 0 unspecified atom stereocenters. The number of nitrogens with zero attached hydrogens (tertiary/aromatic N) is 7. The summed E-state index contributed by atoms with van der Waals surface area (Å²) in [6, 6.07) is -1.14. The normalized spacial score (nSPS) is 36.8. The number of carbonyl (C=O) groups excluding carboxylic acids is 4. The van der Waals surface area contributed by atoms with Crippen molar-refractivity contribution in [2.24, 2.45) is 40.7 Å². The molecule has 1 aliphatic carbocycles. The first-order valence-electron chi connectivity index (χ1n) is 31.6. The van der Waals surface area contributed by atoms with E-state index in [0.29, 0.717) is 94.5 Å². The molecule has 16 atom stereocenters. The number of ether oxygens (including phenoxy) is 5. The van der Waals surface area contributed by atoms with Crippen molar-refractivity contribution in [2.75, 3.05) is 79.2 Å². The summed E-state index contributed by atoms with van der Waals surface area (Å²) < 4.78 is 30.3. The number of oxime groups is 1. The molecular weight excluding hydrogens is 1100 g/mol. The van der Waals surface area contributed by atoms with Crippen LogP contribution in [0.1, 0.15) is 137 Å². The van der Waals surface area contributed by atoms with E-state index in [1.165, 1.54) is 12.0 Å². The van der Waals surface area contributed by atoms with Crippen LogP contribution < -0.4 is 4.90 Å². The molecular formula is C65H101N7O14. The number of hydrogen-bond acceptors (Lipinski definition) is 19. The number of aliphatic hydroxyl groups is 4. The number of esters is 1. The van der Waals surface area contributed by atoms with Gasteiger partial charge in [-0.1, -0.05) is 76.2 Å². The van der Waals surface area contributed by atoms with Gasteiger partial charge in [0.25, 0.3) is 17.6 Å². The summed E-state index contributed by atoms with van der Waals surface area (Å²) in [6.45, 7) is 17.3. The first kappa shape index (κ1) is 68.5. The summed E-state index contributed by atoms with van der Waals surface area (Å²) in [4.78, 5) is 80.3. The van der Waals surface area contributed by atoms with E-state index in [1.807, 2.05) is 58.2 Å². The van der Waals surface area contributed by atoms with Crippen LogP contribution in [0.4, 0.5) is 5.95 Å². The lowest BCUT2D eigenvalue weighted by molar-refractivity contribution is -0.265. The highest BCUT2D eigenvalue weighted by Gasteiger charge is 2.53. The number of anilines is 1. The van der Waals surface area contributed by atoms with E-state index in [2.05, 4.69) is 40.0 Å². The maximum absolute atomic E-state index is 14.7. The Morgan fingerprint density at radius 3 is 2.33 bits per heavy atom. The molecule has 6 heterocycles. The number of aliphatic hydroxyl groups excluding tert-OH is 3. The number of fused-ring (bicyclic) bond motifs is 4. The Balaban J connectivity index is 1.16. The number of methoxy groups -OCH3 is 3. The van der Waals surface area contributed by atoms with Crippen molar-refractivity contribution in [2.45, 2.75) is 199 Å². The third-order valence-corrected chi connectivity index (χ3v) is 19.1. The van der Waals surface area contributed by atoms with Crippen LogP contribution in [0, 0.1) is 35.5 Å². The van der Waals surface area contributed by atoms with Gasteiger partial charge in [0.1, 0.15) is 24.4 Å². The van der Waals surface area contributed by atoms with Crippen LogP contribution in [-0.4, -0.2) is 209 Å². The fraction of sp³-hybridized carbons (Fsp3) is 0.738. The average molecular weight is 1200 g/mol. The largest absolute Gasteiger partial charge is 0.460 e. The Morgan fingerprint density at radius 2 is 1.60 bits per heavy atom. The molecule has 7 rings (SSSR count). The van der Waals surface area contributed by atoms with E-state index >= 15 is 0 Å². The molecule has 6 aliphatic rings. The van der Waals surface area contributed by atoms with Gasteiger partial charge in [0.15, 0.2) is 6.61 Å². The van der Waals surface area contributed by atoms with E-state index in [-0.39, 0.29) is 61.7 Å². The van der Waals surface area contributed by atoms with Crippen LogP contribution in [0.25, 0.3) is 0 Å². The minimum absolute atomic E-state index is 0.00123. The summed E-state index contributed by atoms with van der Waals surface area (Å²) in [7, 11) is 6.76. The van der Waals surface area contributed by atoms with Gasteiger partial charge in [-0.25, -0.2) is 14.8 Å². The topological polar surface area (TPSA) is 256 Å². The molecule has 86 heavy (non-hydrogen) atoms. The van der Waals surface area contributed by atoms with E-state index in [9.17, 15) is 39.6 Å². The molecule has 480 valence electrons. The minimum Gasteiger partial charge on any atom is -0.460 e. The lowest BCUT2D eigenvalue weighted by Crippen LogP contribution is -2.61. The Morgan fingerprint density at radius 1 is 0.849 bits per heavy atom. The highest BCUT2D eigenvalue weighted by atomic mass is 16.6. The van der Waals surface area contributed by atoms with Crippen LogP contribution >= 0.6 is 0 Å². The molecule has 1 saturated carbocycles. The molecule has 4 fully saturated rings. The van der Waals surface area contributed by atoms with Crippen molar-refractivity contribution in [3.8, 4) is 0 Å². The first-order chi connectivity index (χ1) is 41.0. The third-order valence-electron chi connectivity index (χ3n) is 19.1. The zero-order chi connectivity index (χ0) is 62.4. The molecule has 3 saturated heterocycles. The zero-order valence-electron chi connectivity index (χ0n) is 53.1. The van der Waals surface area contributed by atoms with Crippen LogP contribution in [-0.2, 0) is 60.7 Å². The van der Waals surface area contributed by atoms with E-state index in [0.717, 1.165) is 49.4 Å². The second-order valence-corrected chi connectivity index (χ2v) is 25.7. The summed E-state index contributed by atoms with van der Waals surface area (Å²) in [5, 5.41) is 51.8. The number of piperazine rings is 1. The van der Waals surface area contributed by atoms with Gasteiger partial charge in [-0.05, 0) is 114 Å². The van der Waals surface area contributed by atoms with Gasteiger partial charge in [-0.15, -0.1) is 0 Å². The van der Waals surface area contributed by atoms with Crippen LogP contribution in [0.15, 0.2) is 59.0 Å². The van der Waals surface area contributed by atoms with Gasteiger partial charge in [0, 0.05) is 116 Å². The molecule has 0 aromatic carbocycles. The molecule has 0 spiro atoms. The molecule has 1 aromatic rings. The number of hydrogen-bond donors (Lipinski definition) is 4. The van der Waals surface area contributed by atoms with Gasteiger partial charge in [-0.2, -0.15) is 0 Å². The Labute approximate surface area is 510 Å². The number of carbonyl (C=O) groups is 4. The number of aromatic nitrogens is 2. The predicted octanol–water partition coefficient (Wildman–Crippen LogP) is 5.90. The number of Topliss-reactive ketones (excluding diaryl/α,β-unsaturated/α-hetero) is 1. The summed E-state index contributed by atoms with van der Waals surface area (Å²) in [5.41, 5.74) is 3.57. The number of rotatable bonds is 10. The lowest BCUT2D eigenvalue weighted by atomic mass is 9.78. The highest BCUT2D eigenvalue weighted by molar-refractivity contribution is 6.39. The molecule has 0 radical (unpaired) electrons. The van der Waals surface area contributed by atoms with Crippen molar-refractivity contribution in [1.82, 2.24) is 24.7 Å². The fourth-order valence-corrected chi connectivity index (χ4v) is 13.3. The predicted molar refractivity (Wildman–Crippen MR) is 325 cm³/mol. The van der Waals surface area contributed by atoms with Gasteiger partial charge >= 0.3 is 5.97 Å². The highest BCUT2D eigenvalue weighted by Crippen LogP contribution is 2.38. The number of likely N-dealkylation sites (N-methyl/N-ethyl adjacent to an activating group) is 1. The Hall–Kier alpha value is -4.97. The van der Waals surface area contributed by atoms with Gasteiger partial charge in [-0.3, -0.25) is 14.4 Å². The van der Waals surface area contributed by atoms with E-state index in [1.54, 1.807) is 39.0 Å². The molecule has 2 amide bonds. The van der Waals surface area contributed by atoms with Gasteiger partial charge in [0.2, 0.25) is 11.7 Å². The van der Waals surface area contributed by atoms with Crippen LogP contribution in [0.2, 0.25) is 0 Å². The molecule has 1 aromatic heterocycles.